The van der Waals surface area contributed by atoms with Gasteiger partial charge in [-0.25, -0.2) is 4.79 Å². The molecule has 2 N–H and O–H groups in total. The zero-order valence-corrected chi connectivity index (χ0v) is 11.1. The van der Waals surface area contributed by atoms with Gasteiger partial charge >= 0.3 is 5.97 Å². The molecule has 0 atom stereocenters. The number of carboxylic acid groups (broad SMARTS) is 1. The fraction of sp³-hybridized carbons (Fsp3) is 0.571. The van der Waals surface area contributed by atoms with Gasteiger partial charge in [0.1, 0.15) is 17.1 Å². The second kappa shape index (κ2) is 5.91. The van der Waals surface area contributed by atoms with Gasteiger partial charge < -0.3 is 14.8 Å². The first-order valence-corrected chi connectivity index (χ1v) is 6.68. The fourth-order valence-corrected chi connectivity index (χ4v) is 2.55. The second-order valence-corrected chi connectivity index (χ2v) is 5.08. The van der Waals surface area contributed by atoms with E-state index in [2.05, 4.69) is 5.32 Å². The molecule has 0 unspecified atom stereocenters. The van der Waals surface area contributed by atoms with Gasteiger partial charge in [-0.05, 0) is 25.8 Å². The normalized spacial score (nSPS) is 16.3. The van der Waals surface area contributed by atoms with Crippen LogP contribution in [0.5, 0.6) is 0 Å². The van der Waals surface area contributed by atoms with Crippen molar-refractivity contribution in [3.05, 3.63) is 23.2 Å². The number of carboxylic acids is 1. The summed E-state index contributed by atoms with van der Waals surface area (Å²) in [4.78, 5) is 22.9. The Labute approximate surface area is 112 Å². The van der Waals surface area contributed by atoms with Crippen LogP contribution in [0.4, 0.5) is 0 Å². The van der Waals surface area contributed by atoms with E-state index >= 15 is 0 Å². The number of aromatic carboxylic acids is 1. The zero-order chi connectivity index (χ0) is 13.8. The fourth-order valence-electron chi connectivity index (χ4n) is 2.55. The summed E-state index contributed by atoms with van der Waals surface area (Å²) in [5, 5.41) is 12.0. The summed E-state index contributed by atoms with van der Waals surface area (Å²) < 4.78 is 5.29. The average molecular weight is 265 g/mol. The highest BCUT2D eigenvalue weighted by Gasteiger charge is 2.21. The van der Waals surface area contributed by atoms with Crippen LogP contribution in [0.1, 0.15) is 54.0 Å². The van der Waals surface area contributed by atoms with Gasteiger partial charge in [0, 0.05) is 6.04 Å². The van der Waals surface area contributed by atoms with E-state index in [1.54, 1.807) is 6.92 Å². The van der Waals surface area contributed by atoms with E-state index in [0.717, 1.165) is 25.7 Å². The maximum Gasteiger partial charge on any atom is 0.339 e. The van der Waals surface area contributed by atoms with E-state index in [1.807, 2.05) is 0 Å². The van der Waals surface area contributed by atoms with Crippen molar-refractivity contribution >= 4 is 11.9 Å². The molecule has 2 rings (SSSR count). The highest BCUT2D eigenvalue weighted by Crippen LogP contribution is 2.19. The molecular weight excluding hydrogens is 246 g/mol. The standard InChI is InChI=1S/C14H19NO4/c1-9-7-11(14(17)18)12(19-9)8-13(16)15-10-5-3-2-4-6-10/h7,10H,2-6,8H2,1H3,(H,15,16)(H,17,18). The third-order valence-corrected chi connectivity index (χ3v) is 3.45. The minimum absolute atomic E-state index is 0.00796. The van der Waals surface area contributed by atoms with Crippen LogP contribution in [0, 0.1) is 6.92 Å². The predicted molar refractivity (Wildman–Crippen MR) is 69.1 cm³/mol. The average Bonchev–Trinajstić information content (AvgIpc) is 2.71. The lowest BCUT2D eigenvalue weighted by molar-refractivity contribution is -0.121. The molecule has 1 aromatic heterocycles. The Morgan fingerprint density at radius 1 is 1.37 bits per heavy atom. The zero-order valence-electron chi connectivity index (χ0n) is 11.1. The minimum Gasteiger partial charge on any atom is -0.478 e. The van der Waals surface area contributed by atoms with Gasteiger partial charge in [-0.1, -0.05) is 19.3 Å². The van der Waals surface area contributed by atoms with Gasteiger partial charge in [0.15, 0.2) is 0 Å². The van der Waals surface area contributed by atoms with Gasteiger partial charge in [-0.15, -0.1) is 0 Å². The van der Waals surface area contributed by atoms with E-state index in [1.165, 1.54) is 12.5 Å². The number of aryl methyl sites for hydroxylation is 1. The van der Waals surface area contributed by atoms with Gasteiger partial charge in [-0.2, -0.15) is 0 Å². The Kier molecular flexibility index (Phi) is 4.24. The molecule has 5 nitrogen and oxygen atoms in total. The quantitative estimate of drug-likeness (QED) is 0.875. The van der Waals surface area contributed by atoms with Gasteiger partial charge in [0.25, 0.3) is 0 Å². The Balaban J connectivity index is 1.96. The lowest BCUT2D eigenvalue weighted by Gasteiger charge is -2.22. The van der Waals surface area contributed by atoms with Crippen molar-refractivity contribution in [2.45, 2.75) is 51.5 Å². The third-order valence-electron chi connectivity index (χ3n) is 3.45. The Hall–Kier alpha value is -1.78. The van der Waals surface area contributed by atoms with Gasteiger partial charge in [0.05, 0.1) is 6.42 Å². The highest BCUT2D eigenvalue weighted by molar-refractivity contribution is 5.91. The van der Waals surface area contributed by atoms with E-state index in [-0.39, 0.29) is 29.7 Å². The second-order valence-electron chi connectivity index (χ2n) is 5.08. The summed E-state index contributed by atoms with van der Waals surface area (Å²) in [7, 11) is 0. The molecule has 1 fully saturated rings. The molecule has 19 heavy (non-hydrogen) atoms. The molecule has 1 aromatic rings. The molecule has 1 saturated carbocycles. The van der Waals surface area contributed by atoms with E-state index in [4.69, 9.17) is 9.52 Å². The number of amides is 1. The summed E-state index contributed by atoms with van der Waals surface area (Å²) in [6.45, 7) is 1.68. The van der Waals surface area contributed by atoms with Crippen LogP contribution in [0.2, 0.25) is 0 Å². The molecule has 0 aliphatic heterocycles. The number of carbonyl (C=O) groups is 2. The Bertz CT molecular complexity index is 472. The number of hydrogen-bond donors (Lipinski definition) is 2. The van der Waals surface area contributed by atoms with Crippen molar-refractivity contribution in [1.82, 2.24) is 5.32 Å². The molecule has 0 saturated heterocycles. The summed E-state index contributed by atoms with van der Waals surface area (Å²) in [6, 6.07) is 1.68. The summed E-state index contributed by atoms with van der Waals surface area (Å²) in [5.41, 5.74) is 0.0799. The molecule has 0 radical (unpaired) electrons. The smallest absolute Gasteiger partial charge is 0.339 e. The van der Waals surface area contributed by atoms with Crippen LogP contribution in [-0.4, -0.2) is 23.0 Å². The van der Waals surface area contributed by atoms with Gasteiger partial charge in [-0.3, -0.25) is 4.79 Å². The number of nitrogens with one attached hydrogen (secondary N) is 1. The lowest BCUT2D eigenvalue weighted by Crippen LogP contribution is -2.37. The van der Waals surface area contributed by atoms with Gasteiger partial charge in [0.2, 0.25) is 5.91 Å². The van der Waals surface area contributed by atoms with Crippen LogP contribution < -0.4 is 5.32 Å². The molecule has 1 heterocycles. The number of hydrogen-bond acceptors (Lipinski definition) is 3. The van der Waals surface area contributed by atoms with Crippen LogP contribution in [-0.2, 0) is 11.2 Å². The predicted octanol–water partition coefficient (Wildman–Crippen LogP) is 2.28. The summed E-state index contributed by atoms with van der Waals surface area (Å²) in [5.74, 6) is -0.475. The van der Waals surface area contributed by atoms with Crippen molar-refractivity contribution in [3.63, 3.8) is 0 Å². The van der Waals surface area contributed by atoms with Crippen LogP contribution in [0.25, 0.3) is 0 Å². The molecule has 104 valence electrons. The largest absolute Gasteiger partial charge is 0.478 e. The van der Waals surface area contributed by atoms with Crippen molar-refractivity contribution in [1.29, 1.82) is 0 Å². The maximum atomic E-state index is 11.9. The van der Waals surface area contributed by atoms with Crippen LogP contribution >= 0.6 is 0 Å². The van der Waals surface area contributed by atoms with Crippen LogP contribution in [0.15, 0.2) is 10.5 Å². The molecule has 1 aliphatic rings. The summed E-state index contributed by atoms with van der Waals surface area (Å²) in [6.07, 6.45) is 5.53. The number of furan rings is 1. The molecule has 0 bridgehead atoms. The molecular formula is C14H19NO4. The molecule has 5 heteroatoms. The molecule has 0 spiro atoms. The SMILES string of the molecule is Cc1cc(C(=O)O)c(CC(=O)NC2CCCCC2)o1. The monoisotopic (exact) mass is 265 g/mol. The van der Waals surface area contributed by atoms with E-state index in [0.29, 0.717) is 5.76 Å². The van der Waals surface area contributed by atoms with E-state index in [9.17, 15) is 9.59 Å². The first-order valence-electron chi connectivity index (χ1n) is 6.68. The molecule has 0 aromatic carbocycles. The number of rotatable bonds is 4. The minimum atomic E-state index is -1.06. The highest BCUT2D eigenvalue weighted by atomic mass is 16.4. The van der Waals surface area contributed by atoms with E-state index < -0.39 is 5.97 Å². The summed E-state index contributed by atoms with van der Waals surface area (Å²) >= 11 is 0. The maximum absolute atomic E-state index is 11.9. The first kappa shape index (κ1) is 13.6. The first-order chi connectivity index (χ1) is 9.06. The van der Waals surface area contributed by atoms with Crippen molar-refractivity contribution in [2.75, 3.05) is 0 Å². The number of carbonyl (C=O) groups excluding carboxylic acids is 1. The van der Waals surface area contributed by atoms with Crippen molar-refractivity contribution in [3.8, 4) is 0 Å². The molecule has 1 amide bonds. The van der Waals surface area contributed by atoms with Crippen molar-refractivity contribution in [2.24, 2.45) is 0 Å². The Morgan fingerprint density at radius 2 is 2.05 bits per heavy atom. The molecule has 1 aliphatic carbocycles. The lowest BCUT2D eigenvalue weighted by atomic mass is 9.95. The Morgan fingerprint density at radius 3 is 2.68 bits per heavy atom. The van der Waals surface area contributed by atoms with Crippen LogP contribution in [0.3, 0.4) is 0 Å². The third kappa shape index (κ3) is 3.59. The topological polar surface area (TPSA) is 79.5 Å². The van der Waals surface area contributed by atoms with Crippen molar-refractivity contribution < 1.29 is 19.1 Å².